The van der Waals surface area contributed by atoms with Gasteiger partial charge in [-0.15, -0.1) is 0 Å². The fourth-order valence-electron chi connectivity index (χ4n) is 3.26. The van der Waals surface area contributed by atoms with E-state index in [4.69, 9.17) is 0 Å². The number of aromatic hydroxyl groups is 1. The van der Waals surface area contributed by atoms with Gasteiger partial charge in [0.15, 0.2) is 0 Å². The summed E-state index contributed by atoms with van der Waals surface area (Å²) in [5.41, 5.74) is 0.491. The lowest BCUT2D eigenvalue weighted by atomic mass is 9.77. The van der Waals surface area contributed by atoms with Crippen LogP contribution in [0, 0.1) is 0 Å². The van der Waals surface area contributed by atoms with Crippen LogP contribution in [0.25, 0.3) is 0 Å². The monoisotopic (exact) mass is 263 g/mol. The van der Waals surface area contributed by atoms with Crippen LogP contribution < -0.4 is 0 Å². The summed E-state index contributed by atoms with van der Waals surface area (Å²) >= 11 is 0. The Morgan fingerprint density at radius 1 is 1.21 bits per heavy atom. The minimum atomic E-state index is -0.590. The van der Waals surface area contributed by atoms with E-state index in [1.54, 1.807) is 12.1 Å². The van der Waals surface area contributed by atoms with Crippen LogP contribution in [0.4, 0.5) is 0 Å². The third-order valence-corrected chi connectivity index (χ3v) is 4.30. The molecule has 106 valence electrons. The Balaban J connectivity index is 2.16. The predicted molar refractivity (Wildman–Crippen MR) is 77.3 cm³/mol. The Morgan fingerprint density at radius 2 is 1.89 bits per heavy atom. The number of hydrogen-bond donors (Lipinski definition) is 2. The van der Waals surface area contributed by atoms with Crippen molar-refractivity contribution in [3.8, 4) is 5.75 Å². The highest BCUT2D eigenvalue weighted by Crippen LogP contribution is 2.34. The largest absolute Gasteiger partial charge is 0.508 e. The number of aliphatic hydroxyl groups is 1. The second-order valence-corrected chi connectivity index (χ2v) is 6.02. The molecule has 0 amide bonds. The summed E-state index contributed by atoms with van der Waals surface area (Å²) in [6.45, 7) is 0. The Hall–Kier alpha value is -1.06. The van der Waals surface area contributed by atoms with E-state index in [1.807, 2.05) is 26.2 Å². The summed E-state index contributed by atoms with van der Waals surface area (Å²) in [4.78, 5) is 2.12. The third kappa shape index (κ3) is 3.48. The van der Waals surface area contributed by atoms with E-state index in [9.17, 15) is 10.2 Å². The SMILES string of the molecule is CN(C)C(Cc1cccc(O)c1)C1(O)CCCCC1. The zero-order valence-corrected chi connectivity index (χ0v) is 12.0. The van der Waals surface area contributed by atoms with Crippen LogP contribution in [-0.2, 0) is 6.42 Å². The van der Waals surface area contributed by atoms with Crippen LogP contribution in [0.1, 0.15) is 37.7 Å². The van der Waals surface area contributed by atoms with E-state index in [-0.39, 0.29) is 6.04 Å². The third-order valence-electron chi connectivity index (χ3n) is 4.30. The molecule has 0 saturated heterocycles. The smallest absolute Gasteiger partial charge is 0.115 e. The zero-order valence-electron chi connectivity index (χ0n) is 12.0. The summed E-state index contributed by atoms with van der Waals surface area (Å²) in [5, 5.41) is 20.5. The molecule has 1 aromatic carbocycles. The first kappa shape index (κ1) is 14.4. The van der Waals surface area contributed by atoms with E-state index in [0.29, 0.717) is 5.75 Å². The van der Waals surface area contributed by atoms with Crippen LogP contribution in [0.15, 0.2) is 24.3 Å². The highest BCUT2D eigenvalue weighted by Gasteiger charge is 2.38. The highest BCUT2D eigenvalue weighted by atomic mass is 16.3. The molecular formula is C16H25NO2. The second kappa shape index (κ2) is 5.93. The van der Waals surface area contributed by atoms with Gasteiger partial charge in [-0.25, -0.2) is 0 Å². The molecular weight excluding hydrogens is 238 g/mol. The Kier molecular flexibility index (Phi) is 4.48. The van der Waals surface area contributed by atoms with Crippen molar-refractivity contribution in [1.82, 2.24) is 4.90 Å². The molecule has 0 aromatic heterocycles. The molecule has 1 aromatic rings. The molecule has 1 aliphatic rings. The molecule has 1 aliphatic carbocycles. The fourth-order valence-corrected chi connectivity index (χ4v) is 3.26. The van der Waals surface area contributed by atoms with Gasteiger partial charge in [-0.3, -0.25) is 0 Å². The minimum Gasteiger partial charge on any atom is -0.508 e. The van der Waals surface area contributed by atoms with Gasteiger partial charge >= 0.3 is 0 Å². The quantitative estimate of drug-likeness (QED) is 0.877. The molecule has 0 spiro atoms. The van der Waals surface area contributed by atoms with Gasteiger partial charge < -0.3 is 15.1 Å². The lowest BCUT2D eigenvalue weighted by Gasteiger charge is -2.42. The summed E-state index contributed by atoms with van der Waals surface area (Å²) in [6, 6.07) is 7.46. The minimum absolute atomic E-state index is 0.106. The van der Waals surface area contributed by atoms with E-state index < -0.39 is 5.60 Å². The lowest BCUT2D eigenvalue weighted by Crippen LogP contribution is -2.52. The molecule has 1 unspecified atom stereocenters. The number of rotatable bonds is 4. The first-order valence-electron chi connectivity index (χ1n) is 7.18. The van der Waals surface area contributed by atoms with Gasteiger partial charge in [0.25, 0.3) is 0 Å². The van der Waals surface area contributed by atoms with E-state index in [2.05, 4.69) is 4.90 Å². The topological polar surface area (TPSA) is 43.7 Å². The molecule has 1 atom stereocenters. The molecule has 0 heterocycles. The first-order valence-corrected chi connectivity index (χ1v) is 7.18. The van der Waals surface area contributed by atoms with Crippen LogP contribution in [0.5, 0.6) is 5.75 Å². The molecule has 1 fully saturated rings. The number of hydrogen-bond acceptors (Lipinski definition) is 3. The van der Waals surface area contributed by atoms with Gasteiger partial charge in [-0.1, -0.05) is 31.4 Å². The van der Waals surface area contributed by atoms with Crippen LogP contribution in [0.2, 0.25) is 0 Å². The Morgan fingerprint density at radius 3 is 2.47 bits per heavy atom. The maximum atomic E-state index is 10.9. The maximum Gasteiger partial charge on any atom is 0.115 e. The van der Waals surface area contributed by atoms with E-state index >= 15 is 0 Å². The number of nitrogens with zero attached hydrogens (tertiary/aromatic N) is 1. The molecule has 3 heteroatoms. The van der Waals surface area contributed by atoms with Gasteiger partial charge in [0, 0.05) is 6.04 Å². The molecule has 3 nitrogen and oxygen atoms in total. The van der Waals surface area contributed by atoms with Crippen molar-refractivity contribution >= 4 is 0 Å². The zero-order chi connectivity index (χ0) is 13.9. The van der Waals surface area contributed by atoms with Gasteiger partial charge in [-0.2, -0.15) is 0 Å². The van der Waals surface area contributed by atoms with E-state index in [0.717, 1.165) is 37.7 Å². The fraction of sp³-hybridized carbons (Fsp3) is 0.625. The van der Waals surface area contributed by atoms with Gasteiger partial charge in [0.1, 0.15) is 5.75 Å². The van der Waals surface area contributed by atoms with Crippen molar-refractivity contribution in [2.24, 2.45) is 0 Å². The number of likely N-dealkylation sites (N-methyl/N-ethyl adjacent to an activating group) is 1. The summed E-state index contributed by atoms with van der Waals surface area (Å²) in [7, 11) is 4.06. The van der Waals surface area contributed by atoms with Gasteiger partial charge in [0.05, 0.1) is 5.60 Å². The Bertz CT molecular complexity index is 411. The average molecular weight is 263 g/mol. The van der Waals surface area contributed by atoms with Crippen LogP contribution in [0.3, 0.4) is 0 Å². The summed E-state index contributed by atoms with van der Waals surface area (Å²) < 4.78 is 0. The predicted octanol–water partition coefficient (Wildman–Crippen LogP) is 2.56. The second-order valence-electron chi connectivity index (χ2n) is 6.02. The highest BCUT2D eigenvalue weighted by molar-refractivity contribution is 5.28. The normalized spacial score (nSPS) is 20.4. The standard InChI is InChI=1S/C16H25NO2/c1-17(2)15(16(19)9-4-3-5-10-16)12-13-7-6-8-14(18)11-13/h6-8,11,15,18-19H,3-5,9-10,12H2,1-2H3. The molecule has 1 saturated carbocycles. The van der Waals surface area contributed by atoms with Crippen molar-refractivity contribution in [1.29, 1.82) is 0 Å². The molecule has 0 radical (unpaired) electrons. The summed E-state index contributed by atoms with van der Waals surface area (Å²) in [5.74, 6) is 0.297. The number of phenolic OH excluding ortho intramolecular Hbond substituents is 1. The first-order chi connectivity index (χ1) is 9.01. The van der Waals surface area contributed by atoms with Crippen molar-refractivity contribution in [3.05, 3.63) is 29.8 Å². The molecule has 19 heavy (non-hydrogen) atoms. The molecule has 0 aliphatic heterocycles. The molecule has 2 N–H and O–H groups in total. The van der Waals surface area contributed by atoms with Gasteiger partial charge in [0.2, 0.25) is 0 Å². The number of phenols is 1. The van der Waals surface area contributed by atoms with Gasteiger partial charge in [-0.05, 0) is 51.1 Å². The average Bonchev–Trinajstić information content (AvgIpc) is 2.36. The van der Waals surface area contributed by atoms with E-state index in [1.165, 1.54) is 6.42 Å². The van der Waals surface area contributed by atoms with Crippen molar-refractivity contribution in [3.63, 3.8) is 0 Å². The lowest BCUT2D eigenvalue weighted by molar-refractivity contribution is -0.0601. The number of benzene rings is 1. The Labute approximate surface area is 115 Å². The van der Waals surface area contributed by atoms with Crippen molar-refractivity contribution < 1.29 is 10.2 Å². The molecule has 2 rings (SSSR count). The van der Waals surface area contributed by atoms with Crippen molar-refractivity contribution in [2.45, 2.75) is 50.2 Å². The van der Waals surface area contributed by atoms with Crippen LogP contribution >= 0.6 is 0 Å². The van der Waals surface area contributed by atoms with Crippen molar-refractivity contribution in [2.75, 3.05) is 14.1 Å². The molecule has 0 bridgehead atoms. The van der Waals surface area contributed by atoms with Crippen LogP contribution in [-0.4, -0.2) is 40.9 Å². The summed E-state index contributed by atoms with van der Waals surface area (Å²) in [6.07, 6.45) is 6.00. The maximum absolute atomic E-state index is 10.9.